The van der Waals surface area contributed by atoms with E-state index in [1.54, 1.807) is 0 Å². The molecule has 1 unspecified atom stereocenters. The fraction of sp³-hybridized carbons (Fsp3) is 0.188. The molecule has 0 aliphatic heterocycles. The Balaban J connectivity index is 1.78. The number of imidazole rings is 1. The molecular weight excluding hydrogens is 250 g/mol. The first-order chi connectivity index (χ1) is 9.72. The second-order valence-electron chi connectivity index (χ2n) is 4.86. The zero-order valence-corrected chi connectivity index (χ0v) is 11.3. The molecule has 0 bridgehead atoms. The van der Waals surface area contributed by atoms with Crippen molar-refractivity contribution in [1.82, 2.24) is 9.97 Å². The van der Waals surface area contributed by atoms with Crippen LogP contribution >= 0.6 is 0 Å². The highest BCUT2D eigenvalue weighted by atomic mass is 16.5. The summed E-state index contributed by atoms with van der Waals surface area (Å²) in [4.78, 5) is 7.67. The van der Waals surface area contributed by atoms with E-state index in [4.69, 9.17) is 10.5 Å². The minimum absolute atomic E-state index is 0.101. The monoisotopic (exact) mass is 267 g/mol. The molecule has 3 N–H and O–H groups in total. The lowest BCUT2D eigenvalue weighted by Gasteiger charge is -2.05. The molecule has 0 aliphatic rings. The van der Waals surface area contributed by atoms with Crippen LogP contribution in [0.15, 0.2) is 48.5 Å². The van der Waals surface area contributed by atoms with Crippen molar-refractivity contribution in [3.8, 4) is 5.75 Å². The molecule has 0 aliphatic carbocycles. The number of nitrogens with two attached hydrogens (primary N) is 1. The molecule has 4 heteroatoms. The van der Waals surface area contributed by atoms with E-state index < -0.39 is 0 Å². The molecule has 3 aromatic rings. The summed E-state index contributed by atoms with van der Waals surface area (Å²) in [5, 5.41) is 0. The minimum Gasteiger partial charge on any atom is -0.489 e. The van der Waals surface area contributed by atoms with Gasteiger partial charge in [0, 0.05) is 6.07 Å². The molecule has 1 aromatic heterocycles. The SMILES string of the molecule is CC(N)c1nc2cc(OCc3ccccc3)ccc2[nH]1. The summed E-state index contributed by atoms with van der Waals surface area (Å²) in [6.07, 6.45) is 0. The predicted molar refractivity (Wildman–Crippen MR) is 79.5 cm³/mol. The second-order valence-corrected chi connectivity index (χ2v) is 4.86. The third kappa shape index (κ3) is 2.65. The highest BCUT2D eigenvalue weighted by Gasteiger charge is 2.07. The van der Waals surface area contributed by atoms with E-state index in [2.05, 4.69) is 9.97 Å². The van der Waals surface area contributed by atoms with Gasteiger partial charge in [-0.1, -0.05) is 30.3 Å². The van der Waals surface area contributed by atoms with Crippen molar-refractivity contribution < 1.29 is 4.74 Å². The lowest BCUT2D eigenvalue weighted by atomic mass is 10.2. The van der Waals surface area contributed by atoms with Crippen LogP contribution in [0, 0.1) is 0 Å². The van der Waals surface area contributed by atoms with E-state index in [0.717, 1.165) is 28.2 Å². The highest BCUT2D eigenvalue weighted by molar-refractivity contribution is 5.76. The number of hydrogen-bond donors (Lipinski definition) is 2. The Kier molecular flexibility index (Phi) is 3.39. The Morgan fingerprint density at radius 3 is 2.75 bits per heavy atom. The summed E-state index contributed by atoms with van der Waals surface area (Å²) < 4.78 is 5.78. The number of rotatable bonds is 4. The van der Waals surface area contributed by atoms with Gasteiger partial charge in [-0.2, -0.15) is 0 Å². The van der Waals surface area contributed by atoms with Crippen molar-refractivity contribution in [1.29, 1.82) is 0 Å². The summed E-state index contributed by atoms with van der Waals surface area (Å²) >= 11 is 0. The molecule has 0 spiro atoms. The van der Waals surface area contributed by atoms with E-state index in [1.807, 2.05) is 55.5 Å². The van der Waals surface area contributed by atoms with Crippen molar-refractivity contribution >= 4 is 11.0 Å². The molecule has 4 nitrogen and oxygen atoms in total. The first-order valence-corrected chi connectivity index (χ1v) is 6.64. The molecular formula is C16H17N3O. The fourth-order valence-corrected chi connectivity index (χ4v) is 2.05. The van der Waals surface area contributed by atoms with Crippen LogP contribution in [0.5, 0.6) is 5.75 Å². The first-order valence-electron chi connectivity index (χ1n) is 6.64. The van der Waals surface area contributed by atoms with E-state index in [-0.39, 0.29) is 6.04 Å². The summed E-state index contributed by atoms with van der Waals surface area (Å²) in [5.74, 6) is 1.60. The van der Waals surface area contributed by atoms with Gasteiger partial charge in [-0.25, -0.2) is 4.98 Å². The Bertz CT molecular complexity index is 704. The quantitative estimate of drug-likeness (QED) is 0.763. The lowest BCUT2D eigenvalue weighted by molar-refractivity contribution is 0.306. The molecule has 0 saturated carbocycles. The third-order valence-corrected chi connectivity index (χ3v) is 3.15. The summed E-state index contributed by atoms with van der Waals surface area (Å²) in [7, 11) is 0. The highest BCUT2D eigenvalue weighted by Crippen LogP contribution is 2.21. The van der Waals surface area contributed by atoms with Crippen LogP contribution in [-0.4, -0.2) is 9.97 Å². The number of aromatic nitrogens is 2. The average Bonchev–Trinajstić information content (AvgIpc) is 2.89. The zero-order valence-electron chi connectivity index (χ0n) is 11.3. The van der Waals surface area contributed by atoms with Gasteiger partial charge in [0.2, 0.25) is 0 Å². The molecule has 1 heterocycles. The van der Waals surface area contributed by atoms with Crippen molar-refractivity contribution in [2.24, 2.45) is 5.73 Å². The third-order valence-electron chi connectivity index (χ3n) is 3.15. The largest absolute Gasteiger partial charge is 0.489 e. The normalized spacial score (nSPS) is 12.5. The van der Waals surface area contributed by atoms with Crippen LogP contribution in [0.25, 0.3) is 11.0 Å². The Morgan fingerprint density at radius 2 is 2.00 bits per heavy atom. The van der Waals surface area contributed by atoms with Crippen LogP contribution in [0.2, 0.25) is 0 Å². The van der Waals surface area contributed by atoms with Crippen LogP contribution in [0.3, 0.4) is 0 Å². The predicted octanol–water partition coefficient (Wildman–Crippen LogP) is 3.16. The molecule has 0 amide bonds. The summed E-state index contributed by atoms with van der Waals surface area (Å²) in [5.41, 5.74) is 8.82. The smallest absolute Gasteiger partial charge is 0.123 e. The maximum atomic E-state index is 5.83. The second kappa shape index (κ2) is 5.35. The lowest BCUT2D eigenvalue weighted by Crippen LogP contribution is -2.06. The Morgan fingerprint density at radius 1 is 1.20 bits per heavy atom. The van der Waals surface area contributed by atoms with Gasteiger partial charge in [0.05, 0.1) is 17.1 Å². The standard InChI is InChI=1S/C16H17N3O/c1-11(17)16-18-14-8-7-13(9-15(14)19-16)20-10-12-5-3-2-4-6-12/h2-9,11H,10,17H2,1H3,(H,18,19). The molecule has 0 fully saturated rings. The number of nitrogens with one attached hydrogen (secondary N) is 1. The van der Waals surface area contributed by atoms with Crippen molar-refractivity contribution in [2.45, 2.75) is 19.6 Å². The van der Waals surface area contributed by atoms with Gasteiger partial charge in [0.1, 0.15) is 18.2 Å². The van der Waals surface area contributed by atoms with E-state index in [1.165, 1.54) is 0 Å². The van der Waals surface area contributed by atoms with Gasteiger partial charge in [-0.05, 0) is 24.6 Å². The summed E-state index contributed by atoms with van der Waals surface area (Å²) in [6.45, 7) is 2.46. The van der Waals surface area contributed by atoms with Crippen LogP contribution in [0.1, 0.15) is 24.4 Å². The Labute approximate surface area is 117 Å². The van der Waals surface area contributed by atoms with Crippen molar-refractivity contribution in [2.75, 3.05) is 0 Å². The topological polar surface area (TPSA) is 63.9 Å². The number of nitrogens with zero attached hydrogens (tertiary/aromatic N) is 1. The van der Waals surface area contributed by atoms with Crippen molar-refractivity contribution in [3.05, 3.63) is 59.9 Å². The molecule has 3 rings (SSSR count). The fourth-order valence-electron chi connectivity index (χ4n) is 2.05. The van der Waals surface area contributed by atoms with Gasteiger partial charge < -0.3 is 15.5 Å². The van der Waals surface area contributed by atoms with Crippen LogP contribution in [0.4, 0.5) is 0 Å². The van der Waals surface area contributed by atoms with Gasteiger partial charge >= 0.3 is 0 Å². The number of aromatic amines is 1. The Hall–Kier alpha value is -2.33. The first kappa shape index (κ1) is 12.7. The van der Waals surface area contributed by atoms with E-state index in [9.17, 15) is 0 Å². The average molecular weight is 267 g/mol. The zero-order chi connectivity index (χ0) is 13.9. The molecule has 20 heavy (non-hydrogen) atoms. The maximum absolute atomic E-state index is 5.83. The van der Waals surface area contributed by atoms with Gasteiger partial charge in [-0.15, -0.1) is 0 Å². The number of ether oxygens (including phenoxy) is 1. The maximum Gasteiger partial charge on any atom is 0.123 e. The number of benzene rings is 2. The molecule has 1 atom stereocenters. The number of hydrogen-bond acceptors (Lipinski definition) is 3. The molecule has 0 radical (unpaired) electrons. The van der Waals surface area contributed by atoms with Crippen LogP contribution < -0.4 is 10.5 Å². The van der Waals surface area contributed by atoms with Gasteiger partial charge in [0.25, 0.3) is 0 Å². The van der Waals surface area contributed by atoms with Crippen LogP contribution in [-0.2, 0) is 6.61 Å². The molecule has 0 saturated heterocycles. The number of fused-ring (bicyclic) bond motifs is 1. The van der Waals surface area contributed by atoms with Gasteiger partial charge in [0.15, 0.2) is 0 Å². The minimum atomic E-state index is -0.101. The summed E-state index contributed by atoms with van der Waals surface area (Å²) in [6, 6.07) is 15.8. The van der Waals surface area contributed by atoms with E-state index >= 15 is 0 Å². The van der Waals surface area contributed by atoms with Gasteiger partial charge in [-0.3, -0.25) is 0 Å². The molecule has 102 valence electrons. The number of H-pyrrole nitrogens is 1. The van der Waals surface area contributed by atoms with Crippen molar-refractivity contribution in [3.63, 3.8) is 0 Å². The molecule has 2 aromatic carbocycles. The van der Waals surface area contributed by atoms with E-state index in [0.29, 0.717) is 6.61 Å².